The van der Waals surface area contributed by atoms with E-state index in [0.717, 1.165) is 5.57 Å². The molecule has 0 aliphatic rings. The second kappa shape index (κ2) is 2.94. The van der Waals surface area contributed by atoms with Crippen molar-refractivity contribution >= 4 is 0 Å². The minimum Gasteiger partial charge on any atom is -0.403 e. The van der Waals surface area contributed by atoms with E-state index in [1.807, 2.05) is 0 Å². The van der Waals surface area contributed by atoms with E-state index >= 15 is 0 Å². The van der Waals surface area contributed by atoms with Gasteiger partial charge in [-0.15, -0.1) is 5.73 Å². The Balaban J connectivity index is 4.27. The van der Waals surface area contributed by atoms with Gasteiger partial charge >= 0.3 is 0 Å². The zero-order valence-corrected chi connectivity index (χ0v) is 4.94. The lowest BCUT2D eigenvalue weighted by Crippen LogP contribution is -2.00. The van der Waals surface area contributed by atoms with Gasteiger partial charge in [0.25, 0.3) is 0 Å². The lowest BCUT2D eigenvalue weighted by molar-refractivity contribution is 1.27. The maximum atomic E-state index is 5.32. The van der Waals surface area contributed by atoms with Crippen molar-refractivity contribution in [3.8, 4) is 0 Å². The summed E-state index contributed by atoms with van der Waals surface area (Å²) in [5, 5.41) is 0. The third-order valence-corrected chi connectivity index (χ3v) is 0.878. The van der Waals surface area contributed by atoms with Crippen LogP contribution < -0.4 is 11.5 Å². The van der Waals surface area contributed by atoms with Gasteiger partial charge in [-0.05, 0) is 6.92 Å². The van der Waals surface area contributed by atoms with Gasteiger partial charge in [0.1, 0.15) is 0 Å². The largest absolute Gasteiger partial charge is 0.403 e. The quantitative estimate of drug-likeness (QED) is 0.381. The maximum Gasteiger partial charge on any atom is 0.0579 e. The Labute approximate surface area is 49.2 Å². The Morgan fingerprint density at radius 1 is 1.75 bits per heavy atom. The van der Waals surface area contributed by atoms with E-state index in [4.69, 9.17) is 11.5 Å². The van der Waals surface area contributed by atoms with Crippen molar-refractivity contribution in [3.05, 3.63) is 29.8 Å². The van der Waals surface area contributed by atoms with Crippen LogP contribution in [0, 0.1) is 0 Å². The third-order valence-electron chi connectivity index (χ3n) is 0.878. The monoisotopic (exact) mass is 110 g/mol. The normalized spacial score (nSPS) is 10.4. The van der Waals surface area contributed by atoms with Crippen LogP contribution in [0.3, 0.4) is 0 Å². The number of hydrogen-bond donors (Lipinski definition) is 2. The fourth-order valence-electron chi connectivity index (χ4n) is 0.227. The molecule has 0 heterocycles. The summed E-state index contributed by atoms with van der Waals surface area (Å²) >= 11 is 0. The first-order chi connectivity index (χ1) is 3.72. The number of allylic oxidation sites excluding steroid dienone is 1. The average Bonchev–Trinajstić information content (AvgIpc) is 1.84. The Morgan fingerprint density at radius 2 is 2.25 bits per heavy atom. The molecule has 2 heteroatoms. The summed E-state index contributed by atoms with van der Waals surface area (Å²) in [4.78, 5) is 0. The molecule has 0 amide bonds. The fourth-order valence-corrected chi connectivity index (χ4v) is 0.227. The van der Waals surface area contributed by atoms with Gasteiger partial charge in [-0.25, -0.2) is 0 Å². The predicted octanol–water partition coefficient (Wildman–Crippen LogP) is 0.476. The van der Waals surface area contributed by atoms with Crippen LogP contribution in [0.1, 0.15) is 6.92 Å². The van der Waals surface area contributed by atoms with Gasteiger partial charge < -0.3 is 11.5 Å². The summed E-state index contributed by atoms with van der Waals surface area (Å²) in [6.45, 7) is 5.19. The second-order valence-electron chi connectivity index (χ2n) is 1.42. The highest BCUT2D eigenvalue weighted by atomic mass is 14.6. The van der Waals surface area contributed by atoms with Crippen molar-refractivity contribution in [3.63, 3.8) is 0 Å². The standard InChI is InChI=1S/C6H10N2/c1-3-5(2)6(8)4-7/h4H,1,7-8H2,2H3/b6-4+. The molecule has 0 radical (unpaired) electrons. The van der Waals surface area contributed by atoms with E-state index in [0.29, 0.717) is 5.70 Å². The minimum atomic E-state index is 0.528. The third kappa shape index (κ3) is 1.54. The Bertz CT molecular complexity index is 150. The number of nitrogens with two attached hydrogens (primary N) is 2. The van der Waals surface area contributed by atoms with Gasteiger partial charge in [0, 0.05) is 11.8 Å². The molecular formula is C6H10N2. The molecule has 0 aliphatic heterocycles. The molecule has 2 nitrogen and oxygen atoms in total. The molecule has 44 valence electrons. The van der Waals surface area contributed by atoms with Gasteiger partial charge in [0.2, 0.25) is 0 Å². The van der Waals surface area contributed by atoms with Gasteiger partial charge in [0.15, 0.2) is 0 Å². The zero-order chi connectivity index (χ0) is 6.57. The molecule has 0 fully saturated rings. The van der Waals surface area contributed by atoms with E-state index < -0.39 is 0 Å². The van der Waals surface area contributed by atoms with Crippen molar-refractivity contribution in [1.82, 2.24) is 0 Å². The smallest absolute Gasteiger partial charge is 0.0579 e. The number of hydrogen-bond acceptors (Lipinski definition) is 2. The highest BCUT2D eigenvalue weighted by Crippen LogP contribution is 1.95. The molecule has 0 aromatic heterocycles. The van der Waals surface area contributed by atoms with Crippen LogP contribution >= 0.6 is 0 Å². The number of rotatable bonds is 1. The molecule has 8 heavy (non-hydrogen) atoms. The molecule has 0 aromatic carbocycles. The minimum absolute atomic E-state index is 0.528. The van der Waals surface area contributed by atoms with Crippen molar-refractivity contribution in [2.45, 2.75) is 6.92 Å². The van der Waals surface area contributed by atoms with E-state index in [-0.39, 0.29) is 0 Å². The predicted molar refractivity (Wildman–Crippen MR) is 34.8 cm³/mol. The zero-order valence-electron chi connectivity index (χ0n) is 4.94. The topological polar surface area (TPSA) is 52.0 Å². The Kier molecular flexibility index (Phi) is 2.52. The van der Waals surface area contributed by atoms with E-state index in [2.05, 4.69) is 12.3 Å². The summed E-state index contributed by atoms with van der Waals surface area (Å²) in [5.41, 5.74) is 14.3. The molecule has 0 saturated carbocycles. The Hall–Kier alpha value is -1.14. The summed E-state index contributed by atoms with van der Waals surface area (Å²) in [6.07, 6.45) is 1.33. The van der Waals surface area contributed by atoms with Gasteiger partial charge in [0.05, 0.1) is 5.70 Å². The molecule has 0 aliphatic carbocycles. The van der Waals surface area contributed by atoms with Crippen LogP contribution in [0.5, 0.6) is 0 Å². The SMILES string of the molecule is C=C=C(C)/C(N)=C\N. The molecule has 0 aromatic rings. The van der Waals surface area contributed by atoms with Crippen molar-refractivity contribution in [2.75, 3.05) is 0 Å². The molecule has 0 atom stereocenters. The van der Waals surface area contributed by atoms with Crippen LogP contribution in [0.2, 0.25) is 0 Å². The molecule has 4 N–H and O–H groups in total. The van der Waals surface area contributed by atoms with Gasteiger partial charge in [-0.1, -0.05) is 6.58 Å². The highest BCUT2D eigenvalue weighted by Gasteiger charge is 1.85. The van der Waals surface area contributed by atoms with E-state index in [1.165, 1.54) is 6.20 Å². The first-order valence-corrected chi connectivity index (χ1v) is 2.26. The van der Waals surface area contributed by atoms with Gasteiger partial charge in [-0.2, -0.15) is 0 Å². The van der Waals surface area contributed by atoms with Crippen LogP contribution in [0.15, 0.2) is 29.8 Å². The van der Waals surface area contributed by atoms with Crippen molar-refractivity contribution in [1.29, 1.82) is 0 Å². The average molecular weight is 110 g/mol. The molecule has 0 saturated heterocycles. The lowest BCUT2D eigenvalue weighted by Gasteiger charge is -1.92. The highest BCUT2D eigenvalue weighted by molar-refractivity contribution is 5.23. The lowest BCUT2D eigenvalue weighted by atomic mass is 10.2. The molecular weight excluding hydrogens is 100 g/mol. The second-order valence-corrected chi connectivity index (χ2v) is 1.42. The summed E-state index contributed by atoms with van der Waals surface area (Å²) in [5.74, 6) is 0. The first kappa shape index (κ1) is 6.86. The van der Waals surface area contributed by atoms with Crippen molar-refractivity contribution in [2.24, 2.45) is 11.5 Å². The van der Waals surface area contributed by atoms with Crippen LogP contribution in [-0.2, 0) is 0 Å². The first-order valence-electron chi connectivity index (χ1n) is 2.26. The summed E-state index contributed by atoms with van der Waals surface area (Å²) in [6, 6.07) is 0. The Morgan fingerprint density at radius 3 is 2.38 bits per heavy atom. The fraction of sp³-hybridized carbons (Fsp3) is 0.167. The summed E-state index contributed by atoms with van der Waals surface area (Å²) in [7, 11) is 0. The van der Waals surface area contributed by atoms with Crippen LogP contribution in [0.4, 0.5) is 0 Å². The van der Waals surface area contributed by atoms with Gasteiger partial charge in [-0.3, -0.25) is 0 Å². The van der Waals surface area contributed by atoms with E-state index in [9.17, 15) is 0 Å². The maximum absolute atomic E-state index is 5.32. The van der Waals surface area contributed by atoms with Crippen LogP contribution in [0.25, 0.3) is 0 Å². The molecule has 0 rings (SSSR count). The summed E-state index contributed by atoms with van der Waals surface area (Å²) < 4.78 is 0. The van der Waals surface area contributed by atoms with Crippen LogP contribution in [-0.4, -0.2) is 0 Å². The molecule has 0 bridgehead atoms. The molecule has 0 unspecified atom stereocenters. The van der Waals surface area contributed by atoms with E-state index in [1.54, 1.807) is 6.92 Å². The van der Waals surface area contributed by atoms with Crippen molar-refractivity contribution < 1.29 is 0 Å². The molecule has 0 spiro atoms.